The first kappa shape index (κ1) is 19.6. The first-order valence-corrected chi connectivity index (χ1v) is 10.2. The molecule has 0 aliphatic carbocycles. The quantitative estimate of drug-likeness (QED) is 0.580. The van der Waals surface area contributed by atoms with Gasteiger partial charge in [0.05, 0.1) is 16.2 Å². The van der Waals surface area contributed by atoms with Crippen LogP contribution in [0.3, 0.4) is 0 Å². The van der Waals surface area contributed by atoms with E-state index < -0.39 is 5.91 Å². The van der Waals surface area contributed by atoms with Crippen LogP contribution in [-0.2, 0) is 14.4 Å². The van der Waals surface area contributed by atoms with Crippen LogP contribution in [0.2, 0.25) is 5.02 Å². The number of carbonyl (C=O) groups is 3. The largest absolute Gasteiger partial charge is 0.325 e. The number of hydrogen-bond donors (Lipinski definition) is 1. The summed E-state index contributed by atoms with van der Waals surface area (Å²) in [5.74, 6) is -1.07. The van der Waals surface area contributed by atoms with Gasteiger partial charge in [-0.3, -0.25) is 24.2 Å². The molecule has 4 rings (SSSR count). The van der Waals surface area contributed by atoms with Crippen molar-refractivity contribution in [2.24, 2.45) is 0 Å². The minimum Gasteiger partial charge on any atom is -0.325 e. The molecule has 1 fully saturated rings. The summed E-state index contributed by atoms with van der Waals surface area (Å²) in [6.07, 6.45) is 0. The van der Waals surface area contributed by atoms with E-state index in [9.17, 15) is 14.4 Å². The summed E-state index contributed by atoms with van der Waals surface area (Å²) in [6.45, 7) is -0.186. The van der Waals surface area contributed by atoms with E-state index in [1.807, 2.05) is 0 Å². The van der Waals surface area contributed by atoms with Gasteiger partial charge < -0.3 is 5.32 Å². The van der Waals surface area contributed by atoms with E-state index in [0.717, 1.165) is 11.8 Å². The number of para-hydroxylation sites is 1. The Morgan fingerprint density at radius 3 is 2.45 bits per heavy atom. The fourth-order valence-corrected chi connectivity index (χ4v) is 4.50. The molecule has 146 valence electrons. The number of nitrogens with one attached hydrogen (secondary N) is 1. The van der Waals surface area contributed by atoms with Crippen LogP contribution in [0.25, 0.3) is 5.57 Å². The van der Waals surface area contributed by atoms with Crippen molar-refractivity contribution < 1.29 is 14.4 Å². The standard InChI is InChI=1S/C20H14ClN3O3S2/c1-23-19(27)17(29-20(23)28)16-13-4-2-3-5-14(13)24(18(16)26)10-15(25)22-12-8-6-11(21)7-9-12/h2-9H,10H2,1H3,(H,22,25)/b17-16-. The van der Waals surface area contributed by atoms with Crippen LogP contribution in [0, 0.1) is 0 Å². The highest BCUT2D eigenvalue weighted by Gasteiger charge is 2.41. The van der Waals surface area contributed by atoms with Crippen molar-refractivity contribution in [3.05, 3.63) is 64.0 Å². The third kappa shape index (κ3) is 3.55. The van der Waals surface area contributed by atoms with Gasteiger partial charge in [-0.15, -0.1) is 0 Å². The third-order valence-corrected chi connectivity index (χ3v) is 6.35. The van der Waals surface area contributed by atoms with Crippen molar-refractivity contribution in [3.8, 4) is 0 Å². The summed E-state index contributed by atoms with van der Waals surface area (Å²) in [7, 11) is 1.58. The van der Waals surface area contributed by atoms with E-state index in [4.69, 9.17) is 23.8 Å². The second-order valence-electron chi connectivity index (χ2n) is 6.40. The molecule has 0 aromatic heterocycles. The molecule has 0 atom stereocenters. The van der Waals surface area contributed by atoms with Gasteiger partial charge in [0, 0.05) is 23.3 Å². The Kier molecular flexibility index (Phi) is 5.16. The maximum absolute atomic E-state index is 13.2. The first-order valence-electron chi connectivity index (χ1n) is 8.57. The van der Waals surface area contributed by atoms with Gasteiger partial charge in [0.2, 0.25) is 5.91 Å². The van der Waals surface area contributed by atoms with Crippen LogP contribution in [-0.4, -0.2) is 40.5 Å². The predicted molar refractivity (Wildman–Crippen MR) is 119 cm³/mol. The molecular formula is C20H14ClN3O3S2. The molecule has 2 aromatic carbocycles. The Labute approximate surface area is 181 Å². The van der Waals surface area contributed by atoms with E-state index >= 15 is 0 Å². The van der Waals surface area contributed by atoms with Crippen molar-refractivity contribution in [2.75, 3.05) is 23.8 Å². The van der Waals surface area contributed by atoms with E-state index in [0.29, 0.717) is 26.3 Å². The number of halogens is 1. The molecule has 6 nitrogen and oxygen atoms in total. The van der Waals surface area contributed by atoms with Crippen LogP contribution in [0.1, 0.15) is 5.56 Å². The highest BCUT2D eigenvalue weighted by atomic mass is 35.5. The number of amides is 3. The van der Waals surface area contributed by atoms with Gasteiger partial charge in [-0.05, 0) is 30.3 Å². The second-order valence-corrected chi connectivity index (χ2v) is 8.48. The van der Waals surface area contributed by atoms with Crippen molar-refractivity contribution in [1.82, 2.24) is 4.90 Å². The molecule has 0 bridgehead atoms. The molecule has 1 saturated heterocycles. The fourth-order valence-electron chi connectivity index (χ4n) is 3.13. The number of fused-ring (bicyclic) bond motifs is 1. The van der Waals surface area contributed by atoms with Gasteiger partial charge in [0.1, 0.15) is 10.9 Å². The van der Waals surface area contributed by atoms with Gasteiger partial charge in [0.25, 0.3) is 11.8 Å². The molecule has 0 spiro atoms. The molecule has 2 aromatic rings. The Morgan fingerprint density at radius 2 is 1.79 bits per heavy atom. The summed E-state index contributed by atoms with van der Waals surface area (Å²) >= 11 is 12.1. The summed E-state index contributed by atoms with van der Waals surface area (Å²) in [4.78, 5) is 41.3. The topological polar surface area (TPSA) is 69.7 Å². The molecule has 29 heavy (non-hydrogen) atoms. The molecule has 0 saturated carbocycles. The maximum atomic E-state index is 13.2. The number of thioether (sulfide) groups is 1. The zero-order valence-corrected chi connectivity index (χ0v) is 17.5. The predicted octanol–water partition coefficient (Wildman–Crippen LogP) is 3.53. The lowest BCUT2D eigenvalue weighted by molar-refractivity contribution is -0.121. The molecule has 0 radical (unpaired) electrons. The lowest BCUT2D eigenvalue weighted by Crippen LogP contribution is -2.35. The number of likely N-dealkylation sites (N-methyl/N-ethyl adjacent to an activating group) is 1. The van der Waals surface area contributed by atoms with E-state index in [1.165, 1.54) is 9.80 Å². The first-order chi connectivity index (χ1) is 13.9. The van der Waals surface area contributed by atoms with Crippen molar-refractivity contribution in [1.29, 1.82) is 0 Å². The van der Waals surface area contributed by atoms with Gasteiger partial charge in [-0.1, -0.05) is 53.8 Å². The molecule has 1 N–H and O–H groups in total. The average Bonchev–Trinajstić information content (AvgIpc) is 3.11. The SMILES string of the molecule is CN1C(=O)/C(=C2/C(=O)N(CC(=O)Nc3ccc(Cl)cc3)c3ccccc32)SC1=S. The summed E-state index contributed by atoms with van der Waals surface area (Å²) in [5, 5.41) is 3.31. The van der Waals surface area contributed by atoms with Gasteiger partial charge in [-0.25, -0.2) is 0 Å². The Hall–Kier alpha value is -2.68. The van der Waals surface area contributed by atoms with Crippen molar-refractivity contribution >= 4 is 74.6 Å². The smallest absolute Gasteiger partial charge is 0.266 e. The molecular weight excluding hydrogens is 430 g/mol. The highest BCUT2D eigenvalue weighted by Crippen LogP contribution is 2.44. The molecule has 9 heteroatoms. The van der Waals surface area contributed by atoms with Crippen molar-refractivity contribution in [2.45, 2.75) is 0 Å². The number of hydrogen-bond acceptors (Lipinski definition) is 5. The number of carbonyl (C=O) groups excluding carboxylic acids is 3. The minimum atomic E-state index is -0.397. The number of rotatable bonds is 3. The highest BCUT2D eigenvalue weighted by molar-refractivity contribution is 8.26. The normalized spacial score (nSPS) is 18.5. The van der Waals surface area contributed by atoms with Crippen LogP contribution >= 0.6 is 35.6 Å². The van der Waals surface area contributed by atoms with Gasteiger partial charge in [-0.2, -0.15) is 0 Å². The van der Waals surface area contributed by atoms with Crippen molar-refractivity contribution in [3.63, 3.8) is 0 Å². The number of nitrogens with zero attached hydrogens (tertiary/aromatic N) is 2. The van der Waals surface area contributed by atoms with Gasteiger partial charge >= 0.3 is 0 Å². The van der Waals surface area contributed by atoms with Crippen LogP contribution < -0.4 is 10.2 Å². The Morgan fingerprint density at radius 1 is 1.10 bits per heavy atom. The zero-order valence-electron chi connectivity index (χ0n) is 15.1. The van der Waals surface area contributed by atoms with E-state index in [1.54, 1.807) is 55.6 Å². The summed E-state index contributed by atoms with van der Waals surface area (Å²) in [6, 6.07) is 13.8. The summed E-state index contributed by atoms with van der Waals surface area (Å²) < 4.78 is 0.390. The molecule has 2 aliphatic heterocycles. The monoisotopic (exact) mass is 443 g/mol. The van der Waals surface area contributed by atoms with Gasteiger partial charge in [0.15, 0.2) is 0 Å². The molecule has 2 heterocycles. The number of benzene rings is 2. The Bertz CT molecular complexity index is 1100. The lowest BCUT2D eigenvalue weighted by atomic mass is 10.1. The molecule has 2 aliphatic rings. The second kappa shape index (κ2) is 7.62. The average molecular weight is 444 g/mol. The minimum absolute atomic E-state index is 0.186. The van der Waals surface area contributed by atoms with Crippen LogP contribution in [0.5, 0.6) is 0 Å². The Balaban J connectivity index is 1.65. The molecule has 0 unspecified atom stereocenters. The van der Waals surface area contributed by atoms with Crippen LogP contribution in [0.15, 0.2) is 53.4 Å². The van der Waals surface area contributed by atoms with E-state index in [2.05, 4.69) is 5.32 Å². The zero-order chi connectivity index (χ0) is 20.7. The number of anilines is 2. The summed E-state index contributed by atoms with van der Waals surface area (Å²) in [5.41, 5.74) is 2.05. The maximum Gasteiger partial charge on any atom is 0.266 e. The van der Waals surface area contributed by atoms with E-state index in [-0.39, 0.29) is 28.8 Å². The third-order valence-electron chi connectivity index (χ3n) is 4.54. The fraction of sp³-hybridized carbons (Fsp3) is 0.100. The number of thiocarbonyl (C=S) groups is 1. The lowest BCUT2D eigenvalue weighted by Gasteiger charge is -2.16. The van der Waals surface area contributed by atoms with Crippen LogP contribution in [0.4, 0.5) is 11.4 Å². The molecule has 3 amide bonds.